The van der Waals surface area contributed by atoms with Gasteiger partial charge in [0.2, 0.25) is 10.9 Å². The summed E-state index contributed by atoms with van der Waals surface area (Å²) in [5.74, 6) is 0.768. The molecule has 0 atom stereocenters. The van der Waals surface area contributed by atoms with Gasteiger partial charge in [-0.25, -0.2) is 0 Å². The third kappa shape index (κ3) is 2.44. The summed E-state index contributed by atoms with van der Waals surface area (Å²) in [5, 5.41) is 15.9. The predicted octanol–water partition coefficient (Wildman–Crippen LogP) is 1.16. The molecule has 0 aliphatic carbocycles. The van der Waals surface area contributed by atoms with Gasteiger partial charge in [-0.05, 0) is 6.92 Å². The van der Waals surface area contributed by atoms with E-state index in [-0.39, 0.29) is 11.3 Å². The number of hydrogen-bond donors (Lipinski definition) is 1. The molecular formula is C10H15N5OS. The van der Waals surface area contributed by atoms with Crippen molar-refractivity contribution in [3.63, 3.8) is 0 Å². The van der Waals surface area contributed by atoms with Crippen LogP contribution in [0, 0.1) is 12.3 Å². The van der Waals surface area contributed by atoms with E-state index in [1.807, 2.05) is 27.7 Å². The third-order valence-corrected chi connectivity index (χ3v) is 3.17. The van der Waals surface area contributed by atoms with Crippen LogP contribution in [-0.2, 0) is 11.3 Å². The lowest BCUT2D eigenvalue weighted by Gasteiger charge is -2.16. The van der Waals surface area contributed by atoms with Crippen LogP contribution in [0.3, 0.4) is 0 Å². The summed E-state index contributed by atoms with van der Waals surface area (Å²) in [5.41, 5.74) is -0.380. The topological polar surface area (TPSA) is 72.2 Å². The molecule has 0 bridgehead atoms. The SMILES string of the molecule is Cc1nnc2sc(CNC(=O)C(C)(C)C)nn12. The molecule has 0 saturated carbocycles. The summed E-state index contributed by atoms with van der Waals surface area (Å²) in [6.07, 6.45) is 0. The van der Waals surface area contributed by atoms with Gasteiger partial charge in [-0.3, -0.25) is 4.79 Å². The highest BCUT2D eigenvalue weighted by Crippen LogP contribution is 2.15. The Morgan fingerprint density at radius 3 is 2.71 bits per heavy atom. The zero-order chi connectivity index (χ0) is 12.6. The smallest absolute Gasteiger partial charge is 0.234 e. The van der Waals surface area contributed by atoms with Crippen LogP contribution in [0.5, 0.6) is 0 Å². The van der Waals surface area contributed by atoms with Gasteiger partial charge in [0.1, 0.15) is 5.01 Å². The van der Waals surface area contributed by atoms with Gasteiger partial charge in [0.25, 0.3) is 0 Å². The van der Waals surface area contributed by atoms with E-state index in [1.165, 1.54) is 11.3 Å². The summed E-state index contributed by atoms with van der Waals surface area (Å²) in [6.45, 7) is 7.92. The minimum atomic E-state index is -0.380. The van der Waals surface area contributed by atoms with Crippen LogP contribution in [0.1, 0.15) is 31.6 Å². The standard InChI is InChI=1S/C10H15N5OS/c1-6-12-13-9-15(6)14-7(17-9)5-11-8(16)10(2,3)4/h5H2,1-4H3,(H,11,16). The van der Waals surface area contributed by atoms with Crippen LogP contribution >= 0.6 is 11.3 Å². The fourth-order valence-corrected chi connectivity index (χ4v) is 2.07. The molecule has 1 N–H and O–H groups in total. The summed E-state index contributed by atoms with van der Waals surface area (Å²) < 4.78 is 1.68. The first kappa shape index (κ1) is 12.0. The fourth-order valence-electron chi connectivity index (χ4n) is 1.25. The molecule has 7 heteroatoms. The normalized spacial score (nSPS) is 12.0. The van der Waals surface area contributed by atoms with Crippen LogP contribution in [0.15, 0.2) is 0 Å². The molecule has 0 aromatic carbocycles. The number of fused-ring (bicyclic) bond motifs is 1. The molecule has 0 unspecified atom stereocenters. The molecular weight excluding hydrogens is 238 g/mol. The average molecular weight is 253 g/mol. The first-order chi connectivity index (χ1) is 7.88. The lowest BCUT2D eigenvalue weighted by atomic mass is 9.96. The van der Waals surface area contributed by atoms with Crippen molar-refractivity contribution in [2.45, 2.75) is 34.2 Å². The van der Waals surface area contributed by atoms with Crippen LogP contribution in [0.4, 0.5) is 0 Å². The summed E-state index contributed by atoms with van der Waals surface area (Å²) in [7, 11) is 0. The van der Waals surface area contributed by atoms with E-state index in [0.29, 0.717) is 6.54 Å². The second-order valence-electron chi connectivity index (χ2n) is 4.87. The van der Waals surface area contributed by atoms with Crippen LogP contribution in [0.25, 0.3) is 4.96 Å². The average Bonchev–Trinajstić information content (AvgIpc) is 2.76. The van der Waals surface area contributed by atoms with Crippen molar-refractivity contribution in [3.8, 4) is 0 Å². The lowest BCUT2D eigenvalue weighted by molar-refractivity contribution is -0.128. The Morgan fingerprint density at radius 2 is 2.12 bits per heavy atom. The number of nitrogens with one attached hydrogen (secondary N) is 1. The number of nitrogens with zero attached hydrogens (tertiary/aromatic N) is 4. The minimum absolute atomic E-state index is 0.0141. The molecule has 0 spiro atoms. The van der Waals surface area contributed by atoms with Crippen molar-refractivity contribution in [2.24, 2.45) is 5.41 Å². The van der Waals surface area contributed by atoms with Gasteiger partial charge in [0.15, 0.2) is 5.82 Å². The van der Waals surface area contributed by atoms with Crippen molar-refractivity contribution in [1.29, 1.82) is 0 Å². The Hall–Kier alpha value is -1.50. The number of carbonyl (C=O) groups excluding carboxylic acids is 1. The molecule has 0 fully saturated rings. The van der Waals surface area contributed by atoms with Gasteiger partial charge in [-0.15, -0.1) is 10.2 Å². The number of amides is 1. The van der Waals surface area contributed by atoms with E-state index in [9.17, 15) is 4.79 Å². The zero-order valence-corrected chi connectivity index (χ0v) is 11.1. The molecule has 2 rings (SSSR count). The quantitative estimate of drug-likeness (QED) is 0.871. The molecule has 2 aromatic heterocycles. The number of carbonyl (C=O) groups is 1. The Labute approximate surface area is 103 Å². The summed E-state index contributed by atoms with van der Waals surface area (Å²) >= 11 is 1.43. The van der Waals surface area contributed by atoms with Crippen LogP contribution in [0.2, 0.25) is 0 Å². The summed E-state index contributed by atoms with van der Waals surface area (Å²) in [6, 6.07) is 0. The van der Waals surface area contributed by atoms with Crippen molar-refractivity contribution in [3.05, 3.63) is 10.8 Å². The zero-order valence-electron chi connectivity index (χ0n) is 10.3. The molecule has 0 saturated heterocycles. The maximum atomic E-state index is 11.7. The molecule has 17 heavy (non-hydrogen) atoms. The molecule has 92 valence electrons. The van der Waals surface area contributed by atoms with Crippen molar-refractivity contribution < 1.29 is 4.79 Å². The van der Waals surface area contributed by atoms with E-state index in [1.54, 1.807) is 4.52 Å². The highest BCUT2D eigenvalue weighted by molar-refractivity contribution is 7.16. The van der Waals surface area contributed by atoms with Crippen molar-refractivity contribution in [1.82, 2.24) is 25.1 Å². The maximum Gasteiger partial charge on any atom is 0.234 e. The molecule has 0 aliphatic rings. The predicted molar refractivity (Wildman–Crippen MR) is 64.7 cm³/mol. The lowest BCUT2D eigenvalue weighted by Crippen LogP contribution is -2.34. The molecule has 0 aliphatic heterocycles. The molecule has 2 aromatic rings. The van der Waals surface area contributed by atoms with Gasteiger partial charge in [-0.2, -0.15) is 9.61 Å². The Morgan fingerprint density at radius 1 is 1.41 bits per heavy atom. The first-order valence-electron chi connectivity index (χ1n) is 5.34. The van der Waals surface area contributed by atoms with Gasteiger partial charge in [0, 0.05) is 5.41 Å². The molecule has 1 amide bonds. The Balaban J connectivity index is 2.07. The monoisotopic (exact) mass is 253 g/mol. The van der Waals surface area contributed by atoms with E-state index in [0.717, 1.165) is 15.8 Å². The van der Waals surface area contributed by atoms with Gasteiger partial charge in [-0.1, -0.05) is 32.1 Å². The number of aryl methyl sites for hydroxylation is 1. The maximum absolute atomic E-state index is 11.7. The van der Waals surface area contributed by atoms with Gasteiger partial charge >= 0.3 is 0 Å². The number of aromatic nitrogens is 4. The van der Waals surface area contributed by atoms with E-state index in [2.05, 4.69) is 20.6 Å². The Kier molecular flexibility index (Phi) is 2.86. The first-order valence-corrected chi connectivity index (χ1v) is 6.15. The van der Waals surface area contributed by atoms with Gasteiger partial charge in [0.05, 0.1) is 6.54 Å². The fraction of sp³-hybridized carbons (Fsp3) is 0.600. The summed E-state index contributed by atoms with van der Waals surface area (Å²) in [4.78, 5) is 12.4. The van der Waals surface area contributed by atoms with Crippen LogP contribution in [-0.4, -0.2) is 25.7 Å². The minimum Gasteiger partial charge on any atom is -0.349 e. The molecule has 0 radical (unpaired) electrons. The second kappa shape index (κ2) is 4.06. The van der Waals surface area contributed by atoms with Crippen molar-refractivity contribution in [2.75, 3.05) is 0 Å². The second-order valence-corrected chi connectivity index (χ2v) is 5.91. The molecule has 2 heterocycles. The highest BCUT2D eigenvalue weighted by Gasteiger charge is 2.21. The Bertz CT molecular complexity index is 551. The van der Waals surface area contributed by atoms with Crippen LogP contribution < -0.4 is 5.32 Å². The molecule has 6 nitrogen and oxygen atoms in total. The largest absolute Gasteiger partial charge is 0.349 e. The third-order valence-electron chi connectivity index (χ3n) is 2.27. The van der Waals surface area contributed by atoms with E-state index in [4.69, 9.17) is 0 Å². The number of hydrogen-bond acceptors (Lipinski definition) is 5. The highest BCUT2D eigenvalue weighted by atomic mass is 32.1. The van der Waals surface area contributed by atoms with Gasteiger partial charge < -0.3 is 5.32 Å². The van der Waals surface area contributed by atoms with E-state index < -0.39 is 0 Å². The van der Waals surface area contributed by atoms with E-state index >= 15 is 0 Å². The number of rotatable bonds is 2. The van der Waals surface area contributed by atoms with Crippen molar-refractivity contribution >= 4 is 22.2 Å².